The van der Waals surface area contributed by atoms with Gasteiger partial charge in [-0.15, -0.1) is 0 Å². The lowest BCUT2D eigenvalue weighted by molar-refractivity contribution is -0.153. The average Bonchev–Trinajstić information content (AvgIpc) is 2.26. The first-order valence-electron chi connectivity index (χ1n) is 4.31. The molecule has 16 heavy (non-hydrogen) atoms. The van der Waals surface area contributed by atoms with Crippen LogP contribution in [0.5, 0.6) is 5.75 Å². The van der Waals surface area contributed by atoms with E-state index in [1.165, 1.54) is 31.4 Å². The van der Waals surface area contributed by atoms with E-state index in [1.807, 2.05) is 0 Å². The Kier molecular flexibility index (Phi) is 4.29. The molecule has 6 heteroatoms. The van der Waals surface area contributed by atoms with Crippen LogP contribution in [0.4, 0.5) is 13.2 Å². The number of ether oxygens (including phenoxy) is 1. The second-order valence-corrected chi connectivity index (χ2v) is 5.08. The van der Waals surface area contributed by atoms with Gasteiger partial charge in [-0.2, -0.15) is 13.2 Å². The highest BCUT2D eigenvalue weighted by atomic mass is 79.9. The zero-order valence-corrected chi connectivity index (χ0v) is 11.5. The molecule has 1 rings (SSSR count). The Hall–Kier alpha value is -0.230. The SMILES string of the molecule is COc1ccc(C(Br)(CBr)C(F)(F)F)cc1. The van der Waals surface area contributed by atoms with E-state index in [9.17, 15) is 13.2 Å². The predicted molar refractivity (Wildman–Crippen MR) is 63.4 cm³/mol. The summed E-state index contributed by atoms with van der Waals surface area (Å²) in [5.41, 5.74) is 0.137. The quantitative estimate of drug-likeness (QED) is 0.731. The van der Waals surface area contributed by atoms with Gasteiger partial charge in [-0.05, 0) is 17.7 Å². The van der Waals surface area contributed by atoms with Crippen LogP contribution in [0.2, 0.25) is 0 Å². The average molecular weight is 362 g/mol. The number of rotatable bonds is 3. The molecule has 0 N–H and O–H groups in total. The molecule has 0 saturated carbocycles. The van der Waals surface area contributed by atoms with Crippen molar-refractivity contribution < 1.29 is 17.9 Å². The maximum atomic E-state index is 12.9. The molecule has 0 bridgehead atoms. The van der Waals surface area contributed by atoms with E-state index in [0.717, 1.165) is 0 Å². The molecule has 90 valence electrons. The number of benzene rings is 1. The summed E-state index contributed by atoms with van der Waals surface area (Å²) < 4.78 is 41.4. The molecule has 1 aromatic rings. The fraction of sp³-hybridized carbons (Fsp3) is 0.400. The first kappa shape index (κ1) is 13.8. The van der Waals surface area contributed by atoms with Gasteiger partial charge in [0, 0.05) is 5.33 Å². The molecular weight excluding hydrogens is 353 g/mol. The van der Waals surface area contributed by atoms with Crippen molar-refractivity contribution in [1.82, 2.24) is 0 Å². The molecule has 0 heterocycles. The van der Waals surface area contributed by atoms with Crippen molar-refractivity contribution >= 4 is 31.9 Å². The number of methoxy groups -OCH3 is 1. The Balaban J connectivity index is 3.13. The topological polar surface area (TPSA) is 9.23 Å². The van der Waals surface area contributed by atoms with Gasteiger partial charge in [-0.25, -0.2) is 0 Å². The normalized spacial score (nSPS) is 15.6. The van der Waals surface area contributed by atoms with Crippen LogP contribution in [0.15, 0.2) is 24.3 Å². The summed E-state index contributed by atoms with van der Waals surface area (Å²) in [4.78, 5) is 0. The molecule has 1 aromatic carbocycles. The Labute approximate surface area is 108 Å². The van der Waals surface area contributed by atoms with Crippen molar-refractivity contribution in [3.8, 4) is 5.75 Å². The maximum absolute atomic E-state index is 12.9. The first-order chi connectivity index (χ1) is 7.35. The summed E-state index contributed by atoms with van der Waals surface area (Å²) in [5, 5.41) is -0.254. The Morgan fingerprint density at radius 1 is 1.19 bits per heavy atom. The lowest BCUT2D eigenvalue weighted by Gasteiger charge is -2.28. The summed E-state index contributed by atoms with van der Waals surface area (Å²) in [6, 6.07) is 5.78. The van der Waals surface area contributed by atoms with Crippen LogP contribution in [-0.2, 0) is 4.32 Å². The Morgan fingerprint density at radius 3 is 2.00 bits per heavy atom. The third-order valence-electron chi connectivity index (χ3n) is 2.18. The second-order valence-electron chi connectivity index (χ2n) is 3.16. The highest BCUT2D eigenvalue weighted by Crippen LogP contribution is 2.47. The highest BCUT2D eigenvalue weighted by Gasteiger charge is 2.53. The van der Waals surface area contributed by atoms with Crippen LogP contribution in [0.3, 0.4) is 0 Å². The van der Waals surface area contributed by atoms with Crippen molar-refractivity contribution in [2.24, 2.45) is 0 Å². The molecule has 0 radical (unpaired) electrons. The third-order valence-corrected chi connectivity index (χ3v) is 4.96. The number of hydrogen-bond donors (Lipinski definition) is 0. The fourth-order valence-electron chi connectivity index (χ4n) is 1.17. The minimum atomic E-state index is -4.37. The monoisotopic (exact) mass is 360 g/mol. The van der Waals surface area contributed by atoms with Crippen LogP contribution >= 0.6 is 31.9 Å². The molecule has 0 aliphatic heterocycles. The second kappa shape index (κ2) is 4.96. The third kappa shape index (κ3) is 2.53. The van der Waals surface area contributed by atoms with Gasteiger partial charge in [0.25, 0.3) is 0 Å². The summed E-state index contributed by atoms with van der Waals surface area (Å²) in [6.07, 6.45) is -4.37. The van der Waals surface area contributed by atoms with Gasteiger partial charge in [-0.3, -0.25) is 0 Å². The van der Waals surface area contributed by atoms with Crippen molar-refractivity contribution in [3.05, 3.63) is 29.8 Å². The minimum Gasteiger partial charge on any atom is -0.497 e. The predicted octanol–water partition coefficient (Wildman–Crippen LogP) is 4.24. The smallest absolute Gasteiger partial charge is 0.408 e. The van der Waals surface area contributed by atoms with Gasteiger partial charge < -0.3 is 4.74 Å². The molecule has 0 fully saturated rings. The standard InChI is InChI=1S/C10H9Br2F3O/c1-16-8-4-2-7(3-5-8)9(12,6-11)10(13,14)15/h2-5H,6H2,1H3. The van der Waals surface area contributed by atoms with E-state index in [-0.39, 0.29) is 10.9 Å². The van der Waals surface area contributed by atoms with Gasteiger partial charge in [0.05, 0.1) is 7.11 Å². The molecule has 1 unspecified atom stereocenters. The van der Waals surface area contributed by atoms with E-state index < -0.39 is 10.5 Å². The first-order valence-corrected chi connectivity index (χ1v) is 6.22. The van der Waals surface area contributed by atoms with E-state index in [1.54, 1.807) is 0 Å². The molecular formula is C10H9Br2F3O. The maximum Gasteiger partial charge on any atom is 0.408 e. The lowest BCUT2D eigenvalue weighted by atomic mass is 10.0. The van der Waals surface area contributed by atoms with E-state index in [0.29, 0.717) is 5.75 Å². The van der Waals surface area contributed by atoms with E-state index >= 15 is 0 Å². The molecule has 0 aromatic heterocycles. The Morgan fingerprint density at radius 2 is 1.69 bits per heavy atom. The Bertz CT molecular complexity index is 350. The van der Waals surface area contributed by atoms with E-state index in [2.05, 4.69) is 31.9 Å². The largest absolute Gasteiger partial charge is 0.497 e. The lowest BCUT2D eigenvalue weighted by Crippen LogP contribution is -2.38. The summed E-state index contributed by atoms with van der Waals surface area (Å²) >= 11 is 5.63. The number of hydrogen-bond acceptors (Lipinski definition) is 1. The number of halogens is 5. The summed E-state index contributed by atoms with van der Waals surface area (Å²) in [6.45, 7) is 0. The number of alkyl halides is 5. The van der Waals surface area contributed by atoms with Crippen LogP contribution in [0, 0.1) is 0 Å². The summed E-state index contributed by atoms with van der Waals surface area (Å²) in [7, 11) is 1.46. The molecule has 1 atom stereocenters. The van der Waals surface area contributed by atoms with E-state index in [4.69, 9.17) is 4.74 Å². The molecule has 1 nitrogen and oxygen atoms in total. The van der Waals surface area contributed by atoms with Gasteiger partial charge in [0.2, 0.25) is 0 Å². The molecule has 0 aliphatic carbocycles. The van der Waals surface area contributed by atoms with Gasteiger partial charge in [-0.1, -0.05) is 44.0 Å². The van der Waals surface area contributed by atoms with Crippen LogP contribution in [0.25, 0.3) is 0 Å². The molecule has 0 spiro atoms. The van der Waals surface area contributed by atoms with Gasteiger partial charge in [0.1, 0.15) is 5.75 Å². The van der Waals surface area contributed by atoms with Crippen LogP contribution in [-0.4, -0.2) is 18.6 Å². The van der Waals surface area contributed by atoms with Crippen molar-refractivity contribution in [2.75, 3.05) is 12.4 Å². The van der Waals surface area contributed by atoms with Crippen molar-refractivity contribution in [2.45, 2.75) is 10.5 Å². The van der Waals surface area contributed by atoms with Gasteiger partial charge in [0.15, 0.2) is 4.32 Å². The van der Waals surface area contributed by atoms with Crippen LogP contribution in [0.1, 0.15) is 5.56 Å². The molecule has 0 amide bonds. The zero-order valence-electron chi connectivity index (χ0n) is 8.31. The van der Waals surface area contributed by atoms with Gasteiger partial charge >= 0.3 is 6.18 Å². The van der Waals surface area contributed by atoms with Crippen molar-refractivity contribution in [3.63, 3.8) is 0 Å². The van der Waals surface area contributed by atoms with Crippen molar-refractivity contribution in [1.29, 1.82) is 0 Å². The fourth-order valence-corrected chi connectivity index (χ4v) is 2.08. The minimum absolute atomic E-state index is 0.137. The van der Waals surface area contributed by atoms with Crippen LogP contribution < -0.4 is 4.74 Å². The molecule has 0 saturated heterocycles. The highest BCUT2D eigenvalue weighted by molar-refractivity contribution is 9.12. The summed E-state index contributed by atoms with van der Waals surface area (Å²) in [5.74, 6) is 0.523. The molecule has 0 aliphatic rings. The zero-order chi connectivity index (χ0) is 12.4.